The largest absolute Gasteiger partial charge is 0.323 e. The van der Waals surface area contributed by atoms with E-state index in [2.05, 4.69) is 20.4 Å². The van der Waals surface area contributed by atoms with Gasteiger partial charge in [-0.3, -0.25) is 8.89 Å². The zero-order valence-corrected chi connectivity index (χ0v) is 16.8. The molecule has 0 fully saturated rings. The maximum absolute atomic E-state index is 13.8. The van der Waals surface area contributed by atoms with Crippen molar-refractivity contribution in [3.63, 3.8) is 0 Å². The molecule has 1 unspecified atom stereocenters. The predicted molar refractivity (Wildman–Crippen MR) is 103 cm³/mol. The maximum atomic E-state index is 13.8. The Morgan fingerprint density at radius 2 is 2.00 bits per heavy atom. The summed E-state index contributed by atoms with van der Waals surface area (Å²) < 4.78 is 64.9. The van der Waals surface area contributed by atoms with E-state index in [1.165, 1.54) is 12.5 Å². The summed E-state index contributed by atoms with van der Waals surface area (Å²) in [5, 5.41) is 7.83. The Morgan fingerprint density at radius 3 is 2.62 bits per heavy atom. The van der Waals surface area contributed by atoms with Crippen LogP contribution < -0.4 is 5.32 Å². The minimum absolute atomic E-state index is 0.0352. The molecular weight excluding hydrogens is 424 g/mol. The number of benzene rings is 1. The number of aromatic nitrogens is 4. The van der Waals surface area contributed by atoms with Gasteiger partial charge in [0, 0.05) is 48.8 Å². The van der Waals surface area contributed by atoms with Gasteiger partial charge in [-0.05, 0) is 18.2 Å². The average Bonchev–Trinajstić information content (AvgIpc) is 3.05. The Bertz CT molecular complexity index is 1230. The number of rotatable bonds is 6. The van der Waals surface area contributed by atoms with Crippen LogP contribution >= 0.6 is 0 Å². The van der Waals surface area contributed by atoms with Crippen LogP contribution in [0.25, 0.3) is 6.08 Å². The molecule has 12 heteroatoms. The second kappa shape index (κ2) is 8.17. The summed E-state index contributed by atoms with van der Waals surface area (Å²) in [6, 6.07) is 3.84. The Kier molecular flexibility index (Phi) is 5.84. The Balaban J connectivity index is 1.99. The SMILES string of the molecule is Cn1ccc(Nc2nc(S(C)=O)ncc2C=CS(=O)(=O)c2ccc(F)cc2F)n1. The van der Waals surface area contributed by atoms with Gasteiger partial charge in [0.15, 0.2) is 5.82 Å². The number of hydrogen-bond donors (Lipinski definition) is 1. The number of hydrogen-bond acceptors (Lipinski definition) is 7. The molecule has 0 spiro atoms. The van der Waals surface area contributed by atoms with Crippen LogP contribution in [-0.2, 0) is 27.7 Å². The number of aryl methyl sites for hydroxylation is 1. The van der Waals surface area contributed by atoms with Crippen molar-refractivity contribution in [2.75, 3.05) is 11.6 Å². The number of halogens is 2. The lowest BCUT2D eigenvalue weighted by molar-refractivity contribution is 0.552. The first-order valence-corrected chi connectivity index (χ1v) is 11.1. The molecule has 2 heterocycles. The highest BCUT2D eigenvalue weighted by atomic mass is 32.2. The summed E-state index contributed by atoms with van der Waals surface area (Å²) in [5.74, 6) is -1.51. The van der Waals surface area contributed by atoms with E-state index in [9.17, 15) is 21.4 Å². The van der Waals surface area contributed by atoms with E-state index in [1.807, 2.05) is 0 Å². The highest BCUT2D eigenvalue weighted by molar-refractivity contribution is 7.94. The summed E-state index contributed by atoms with van der Waals surface area (Å²) in [7, 11) is -3.96. The molecule has 0 bridgehead atoms. The summed E-state index contributed by atoms with van der Waals surface area (Å²) >= 11 is 0. The van der Waals surface area contributed by atoms with E-state index < -0.39 is 37.2 Å². The molecular formula is C17H15F2N5O3S2. The Labute approximate surface area is 167 Å². The van der Waals surface area contributed by atoms with Crippen LogP contribution in [0.15, 0.2) is 52.1 Å². The average molecular weight is 439 g/mol. The molecule has 3 aromatic rings. The van der Waals surface area contributed by atoms with Crippen LogP contribution in [0, 0.1) is 11.6 Å². The van der Waals surface area contributed by atoms with Gasteiger partial charge < -0.3 is 5.32 Å². The third kappa shape index (κ3) is 4.90. The van der Waals surface area contributed by atoms with Gasteiger partial charge in [0.1, 0.15) is 22.3 Å². The van der Waals surface area contributed by atoms with Crippen LogP contribution in [0.3, 0.4) is 0 Å². The van der Waals surface area contributed by atoms with Gasteiger partial charge in [-0.15, -0.1) is 0 Å². The van der Waals surface area contributed by atoms with Crippen molar-refractivity contribution >= 4 is 38.3 Å². The van der Waals surface area contributed by atoms with Crippen molar-refractivity contribution in [1.82, 2.24) is 19.7 Å². The van der Waals surface area contributed by atoms with Crippen LogP contribution in [0.1, 0.15) is 5.56 Å². The van der Waals surface area contributed by atoms with Crippen molar-refractivity contribution in [3.8, 4) is 0 Å². The molecule has 0 aliphatic rings. The van der Waals surface area contributed by atoms with Crippen molar-refractivity contribution in [2.24, 2.45) is 7.05 Å². The standard InChI is InChI=1S/C17H15F2N5O3S2/c1-24-7-5-15(23-24)21-16-11(10-20-17(22-16)28(2)25)6-8-29(26,27)14-4-3-12(18)9-13(14)19/h3-10H,1-2H3,(H,20,21,22,23). The van der Waals surface area contributed by atoms with E-state index >= 15 is 0 Å². The summed E-state index contributed by atoms with van der Waals surface area (Å²) in [4.78, 5) is 7.41. The number of anilines is 2. The predicted octanol–water partition coefficient (Wildman–Crippen LogP) is 2.41. The van der Waals surface area contributed by atoms with E-state index in [1.54, 1.807) is 24.0 Å². The Hall–Kier alpha value is -2.99. The summed E-state index contributed by atoms with van der Waals surface area (Å²) in [6.07, 6.45) is 5.52. The Morgan fingerprint density at radius 1 is 1.24 bits per heavy atom. The van der Waals surface area contributed by atoms with Gasteiger partial charge in [-0.1, -0.05) is 0 Å². The first kappa shape index (κ1) is 20.7. The smallest absolute Gasteiger partial charge is 0.220 e. The molecule has 29 heavy (non-hydrogen) atoms. The zero-order chi connectivity index (χ0) is 21.2. The van der Waals surface area contributed by atoms with Crippen LogP contribution in [0.5, 0.6) is 0 Å². The molecule has 3 rings (SSSR count). The van der Waals surface area contributed by atoms with Gasteiger partial charge in [-0.2, -0.15) is 5.10 Å². The lowest BCUT2D eigenvalue weighted by Crippen LogP contribution is -2.05. The molecule has 0 saturated heterocycles. The topological polar surface area (TPSA) is 107 Å². The first-order valence-electron chi connectivity index (χ1n) is 8.01. The number of nitrogens with one attached hydrogen (secondary N) is 1. The fourth-order valence-corrected chi connectivity index (χ4v) is 3.76. The van der Waals surface area contributed by atoms with Crippen LogP contribution in [0.2, 0.25) is 0 Å². The number of nitrogens with zero attached hydrogens (tertiary/aromatic N) is 4. The van der Waals surface area contributed by atoms with Crippen LogP contribution in [0.4, 0.5) is 20.4 Å². The molecule has 1 atom stereocenters. The third-order valence-corrected chi connectivity index (χ3v) is 5.79. The molecule has 0 amide bonds. The second-order valence-electron chi connectivity index (χ2n) is 5.83. The molecule has 152 valence electrons. The van der Waals surface area contributed by atoms with Gasteiger partial charge in [0.2, 0.25) is 15.0 Å². The highest BCUT2D eigenvalue weighted by Crippen LogP contribution is 2.22. The van der Waals surface area contributed by atoms with E-state index in [4.69, 9.17) is 0 Å². The van der Waals surface area contributed by atoms with Gasteiger partial charge >= 0.3 is 0 Å². The molecule has 1 aromatic carbocycles. The summed E-state index contributed by atoms with van der Waals surface area (Å²) in [6.45, 7) is 0. The fourth-order valence-electron chi connectivity index (χ4n) is 2.28. The molecule has 2 aromatic heterocycles. The van der Waals surface area contributed by atoms with Crippen molar-refractivity contribution in [3.05, 3.63) is 59.3 Å². The van der Waals surface area contributed by atoms with E-state index in [0.717, 1.165) is 23.6 Å². The maximum Gasteiger partial charge on any atom is 0.220 e. The zero-order valence-electron chi connectivity index (χ0n) is 15.2. The van der Waals surface area contributed by atoms with E-state index in [0.29, 0.717) is 11.9 Å². The fraction of sp³-hybridized carbons (Fsp3) is 0.118. The van der Waals surface area contributed by atoms with Gasteiger partial charge in [-0.25, -0.2) is 27.2 Å². The molecule has 0 aliphatic carbocycles. The molecule has 1 N–H and O–H groups in total. The monoisotopic (exact) mass is 439 g/mol. The number of sulfone groups is 1. The molecule has 0 aliphatic heterocycles. The lowest BCUT2D eigenvalue weighted by atomic mass is 10.3. The van der Waals surface area contributed by atoms with Gasteiger partial charge in [0.05, 0.1) is 10.8 Å². The van der Waals surface area contributed by atoms with Crippen molar-refractivity contribution < 1.29 is 21.4 Å². The third-order valence-electron chi connectivity index (χ3n) is 3.64. The van der Waals surface area contributed by atoms with E-state index in [-0.39, 0.29) is 16.5 Å². The molecule has 8 nitrogen and oxygen atoms in total. The lowest BCUT2D eigenvalue weighted by Gasteiger charge is -2.07. The van der Waals surface area contributed by atoms with Gasteiger partial charge in [0.25, 0.3) is 0 Å². The highest BCUT2D eigenvalue weighted by Gasteiger charge is 2.17. The molecule has 0 radical (unpaired) electrons. The van der Waals surface area contributed by atoms with Crippen LogP contribution in [-0.4, -0.2) is 38.6 Å². The quantitative estimate of drug-likeness (QED) is 0.464. The minimum atomic E-state index is -4.20. The minimum Gasteiger partial charge on any atom is -0.323 e. The van der Waals surface area contributed by atoms with Crippen molar-refractivity contribution in [2.45, 2.75) is 10.1 Å². The molecule has 0 saturated carbocycles. The normalized spacial score (nSPS) is 13.0. The van der Waals surface area contributed by atoms with Crippen molar-refractivity contribution in [1.29, 1.82) is 0 Å². The summed E-state index contributed by atoms with van der Waals surface area (Å²) in [5.41, 5.74) is 0.232. The first-order chi connectivity index (χ1) is 13.7. The second-order valence-corrected chi connectivity index (χ2v) is 8.91.